The first-order valence-corrected chi connectivity index (χ1v) is 8.93. The average molecular weight is 297 g/mol. The molecule has 1 fully saturated rings. The Hall–Kier alpha value is 0.160. The summed E-state index contributed by atoms with van der Waals surface area (Å²) in [7, 11) is -2.91. The van der Waals surface area contributed by atoms with E-state index in [0.29, 0.717) is 12.4 Å². The summed E-state index contributed by atoms with van der Waals surface area (Å²) in [4.78, 5) is 4.61. The van der Waals surface area contributed by atoms with Crippen LogP contribution < -0.4 is 0 Å². The highest BCUT2D eigenvalue weighted by Crippen LogP contribution is 2.06. The Bertz CT molecular complexity index is 333. The van der Waals surface area contributed by atoms with Crippen molar-refractivity contribution >= 4 is 21.4 Å². The van der Waals surface area contributed by atoms with Crippen LogP contribution in [0, 0.1) is 0 Å². The molecule has 0 aromatic rings. The third-order valence-corrected chi connectivity index (χ3v) is 5.85. The third kappa shape index (κ3) is 5.43. The van der Waals surface area contributed by atoms with Gasteiger partial charge in [-0.05, 0) is 33.4 Å². The molecule has 0 atom stereocenters. The normalized spacial score (nSPS) is 20.2. The van der Waals surface area contributed by atoms with E-state index in [1.165, 1.54) is 0 Å². The Labute approximate surface area is 116 Å². The van der Waals surface area contributed by atoms with Crippen molar-refractivity contribution in [2.24, 2.45) is 0 Å². The van der Waals surface area contributed by atoms with E-state index < -0.39 is 9.84 Å². The molecule has 0 aromatic heterocycles. The van der Waals surface area contributed by atoms with Gasteiger partial charge in [-0.2, -0.15) is 0 Å². The summed E-state index contributed by atoms with van der Waals surface area (Å²) < 4.78 is 23.5. The summed E-state index contributed by atoms with van der Waals surface area (Å²) in [6.45, 7) is 9.10. The summed E-state index contributed by atoms with van der Waals surface area (Å²) in [6, 6.07) is 0. The summed E-state index contributed by atoms with van der Waals surface area (Å²) in [5.41, 5.74) is 0. The molecule has 0 N–H and O–H groups in total. The monoisotopic (exact) mass is 296 g/mol. The van der Waals surface area contributed by atoms with Crippen LogP contribution in [0.1, 0.15) is 20.3 Å². The van der Waals surface area contributed by atoms with E-state index in [4.69, 9.17) is 11.6 Å². The van der Waals surface area contributed by atoms with E-state index in [0.717, 1.165) is 39.1 Å². The number of hydrogen-bond acceptors (Lipinski definition) is 4. The van der Waals surface area contributed by atoms with Gasteiger partial charge in [0.1, 0.15) is 0 Å². The first-order valence-electron chi connectivity index (χ1n) is 6.68. The quantitative estimate of drug-likeness (QED) is 0.687. The van der Waals surface area contributed by atoms with Gasteiger partial charge in [0.25, 0.3) is 0 Å². The highest BCUT2D eigenvalue weighted by Gasteiger charge is 2.19. The van der Waals surface area contributed by atoms with Gasteiger partial charge in [-0.1, -0.05) is 0 Å². The van der Waals surface area contributed by atoms with Gasteiger partial charge in [0, 0.05) is 32.1 Å². The van der Waals surface area contributed by atoms with Crippen LogP contribution in [0.15, 0.2) is 0 Å². The Balaban J connectivity index is 2.36. The second-order valence-electron chi connectivity index (χ2n) is 5.14. The molecule has 0 amide bonds. The van der Waals surface area contributed by atoms with Crippen molar-refractivity contribution in [1.29, 1.82) is 0 Å². The minimum absolute atomic E-state index is 0.266. The molecule has 0 unspecified atom stereocenters. The van der Waals surface area contributed by atoms with Gasteiger partial charge in [-0.25, -0.2) is 8.42 Å². The first-order chi connectivity index (χ1) is 8.45. The predicted octanol–water partition coefficient (Wildman–Crippen LogP) is 1.06. The van der Waals surface area contributed by atoms with Crippen LogP contribution in [0.25, 0.3) is 0 Å². The number of alkyl halides is 1. The maximum absolute atomic E-state index is 11.8. The molecular formula is C12H25ClN2O2S. The fraction of sp³-hybridized carbons (Fsp3) is 1.00. The fourth-order valence-electron chi connectivity index (χ4n) is 2.08. The molecule has 1 rings (SSSR count). The molecule has 18 heavy (non-hydrogen) atoms. The highest BCUT2D eigenvalue weighted by atomic mass is 35.5. The van der Waals surface area contributed by atoms with Crippen LogP contribution in [0.4, 0.5) is 0 Å². The molecule has 0 aromatic carbocycles. The van der Waals surface area contributed by atoms with Crippen molar-refractivity contribution in [1.82, 2.24) is 9.80 Å². The molecule has 0 bridgehead atoms. The third-order valence-electron chi connectivity index (χ3n) is 3.49. The van der Waals surface area contributed by atoms with Crippen LogP contribution in [0.2, 0.25) is 0 Å². The maximum atomic E-state index is 11.8. The van der Waals surface area contributed by atoms with Crippen LogP contribution in [-0.4, -0.2) is 74.4 Å². The molecule has 0 saturated carbocycles. The summed E-state index contributed by atoms with van der Waals surface area (Å²) in [5.74, 6) is 0.946. The molecule has 108 valence electrons. The maximum Gasteiger partial charge on any atom is 0.153 e. The number of sulfone groups is 1. The zero-order valence-electron chi connectivity index (χ0n) is 11.4. The second kappa shape index (κ2) is 7.68. The summed E-state index contributed by atoms with van der Waals surface area (Å²) in [6.07, 6.45) is 1.10. The van der Waals surface area contributed by atoms with Gasteiger partial charge >= 0.3 is 0 Å². The van der Waals surface area contributed by atoms with E-state index >= 15 is 0 Å². The lowest BCUT2D eigenvalue weighted by atomic mass is 10.4. The average Bonchev–Trinajstić information content (AvgIpc) is 2.52. The van der Waals surface area contributed by atoms with Crippen LogP contribution in [0.3, 0.4) is 0 Å². The van der Waals surface area contributed by atoms with Crippen molar-refractivity contribution < 1.29 is 8.42 Å². The van der Waals surface area contributed by atoms with Crippen molar-refractivity contribution in [3.05, 3.63) is 0 Å². The summed E-state index contributed by atoms with van der Waals surface area (Å²) in [5, 5.41) is -0.266. The van der Waals surface area contributed by atoms with E-state index in [9.17, 15) is 8.42 Å². The van der Waals surface area contributed by atoms with Gasteiger partial charge in [0.05, 0.1) is 11.0 Å². The van der Waals surface area contributed by atoms with Gasteiger partial charge in [-0.15, -0.1) is 11.6 Å². The lowest BCUT2D eigenvalue weighted by molar-refractivity contribution is 0.273. The van der Waals surface area contributed by atoms with Gasteiger partial charge in [0.15, 0.2) is 9.84 Å². The second-order valence-corrected chi connectivity index (χ2v) is 8.20. The van der Waals surface area contributed by atoms with Crippen LogP contribution >= 0.6 is 11.6 Å². The lowest BCUT2D eigenvalue weighted by Gasteiger charge is -2.21. The van der Waals surface area contributed by atoms with Crippen molar-refractivity contribution in [2.75, 3.05) is 50.9 Å². The highest BCUT2D eigenvalue weighted by molar-refractivity contribution is 7.92. The van der Waals surface area contributed by atoms with E-state index in [2.05, 4.69) is 9.80 Å². The Morgan fingerprint density at radius 3 is 2.11 bits per heavy atom. The SMILES string of the molecule is CC(C)S(=O)(=O)CCN1CCCN(CCCl)CC1. The summed E-state index contributed by atoms with van der Waals surface area (Å²) >= 11 is 5.75. The molecule has 1 heterocycles. The van der Waals surface area contributed by atoms with Crippen molar-refractivity contribution in [3.8, 4) is 0 Å². The molecule has 0 radical (unpaired) electrons. The number of nitrogens with zero attached hydrogens (tertiary/aromatic N) is 2. The van der Waals surface area contributed by atoms with E-state index in [1.807, 2.05) is 0 Å². The van der Waals surface area contributed by atoms with Gasteiger partial charge in [-0.3, -0.25) is 0 Å². The molecule has 4 nitrogen and oxygen atoms in total. The molecule has 1 saturated heterocycles. The molecule has 6 heteroatoms. The van der Waals surface area contributed by atoms with E-state index in [-0.39, 0.29) is 11.0 Å². The largest absolute Gasteiger partial charge is 0.301 e. The van der Waals surface area contributed by atoms with Crippen molar-refractivity contribution in [3.63, 3.8) is 0 Å². The van der Waals surface area contributed by atoms with Gasteiger partial charge < -0.3 is 9.80 Å². The fourth-order valence-corrected chi connectivity index (χ4v) is 3.31. The molecule has 0 aliphatic carbocycles. The van der Waals surface area contributed by atoms with Crippen LogP contribution in [0.5, 0.6) is 0 Å². The first kappa shape index (κ1) is 16.2. The standard InChI is InChI=1S/C12H25ClN2O2S/c1-12(2)18(16,17)11-10-15-6-3-5-14(7-4-13)8-9-15/h12H,3-11H2,1-2H3. The Morgan fingerprint density at radius 1 is 1.06 bits per heavy atom. The minimum Gasteiger partial charge on any atom is -0.301 e. The van der Waals surface area contributed by atoms with E-state index in [1.54, 1.807) is 13.8 Å². The van der Waals surface area contributed by atoms with Gasteiger partial charge in [0.2, 0.25) is 0 Å². The number of halogens is 1. The predicted molar refractivity (Wildman–Crippen MR) is 77.1 cm³/mol. The smallest absolute Gasteiger partial charge is 0.153 e. The van der Waals surface area contributed by atoms with Crippen LogP contribution in [-0.2, 0) is 9.84 Å². The zero-order valence-corrected chi connectivity index (χ0v) is 13.0. The minimum atomic E-state index is -2.91. The molecule has 0 spiro atoms. The molecular weight excluding hydrogens is 272 g/mol. The Morgan fingerprint density at radius 2 is 1.61 bits per heavy atom. The zero-order chi connectivity index (χ0) is 13.6. The topological polar surface area (TPSA) is 40.6 Å². The lowest BCUT2D eigenvalue weighted by Crippen LogP contribution is -2.35. The molecule has 1 aliphatic heterocycles. The number of rotatable bonds is 6. The van der Waals surface area contributed by atoms with Crippen molar-refractivity contribution in [2.45, 2.75) is 25.5 Å². The Kier molecular flexibility index (Phi) is 6.92. The number of hydrogen-bond donors (Lipinski definition) is 0. The molecule has 1 aliphatic rings.